The Bertz CT molecular complexity index is 836. The highest BCUT2D eigenvalue weighted by Gasteiger charge is 2.17. The van der Waals surface area contributed by atoms with Gasteiger partial charge in [0.25, 0.3) is 5.91 Å². The van der Waals surface area contributed by atoms with Crippen LogP contribution in [0.2, 0.25) is 5.02 Å². The van der Waals surface area contributed by atoms with Crippen LogP contribution in [0.1, 0.15) is 21.6 Å². The van der Waals surface area contributed by atoms with Crippen LogP contribution in [0.3, 0.4) is 0 Å². The van der Waals surface area contributed by atoms with Gasteiger partial charge in [0.1, 0.15) is 0 Å². The van der Waals surface area contributed by atoms with Crippen molar-refractivity contribution >= 4 is 28.4 Å². The molecule has 21 heavy (non-hydrogen) atoms. The summed E-state index contributed by atoms with van der Waals surface area (Å²) in [5, 5.41) is 1.60. The molecule has 1 amide bonds. The zero-order chi connectivity index (χ0) is 15.0. The molecule has 0 aliphatic carbocycles. The first-order chi connectivity index (χ1) is 10.1. The number of rotatable bonds is 3. The van der Waals surface area contributed by atoms with Crippen molar-refractivity contribution in [3.63, 3.8) is 0 Å². The monoisotopic (exact) mass is 298 g/mol. The molecule has 106 valence electrons. The van der Waals surface area contributed by atoms with Crippen LogP contribution < -0.4 is 5.73 Å². The highest BCUT2D eigenvalue weighted by Crippen LogP contribution is 2.26. The highest BCUT2D eigenvalue weighted by atomic mass is 35.5. The minimum Gasteiger partial charge on any atom is -0.366 e. The van der Waals surface area contributed by atoms with Gasteiger partial charge in [-0.2, -0.15) is 0 Å². The van der Waals surface area contributed by atoms with E-state index in [-0.39, 0.29) is 0 Å². The van der Waals surface area contributed by atoms with Gasteiger partial charge in [-0.05, 0) is 30.7 Å². The quantitative estimate of drug-likeness (QED) is 0.786. The number of fused-ring (bicyclic) bond motifs is 1. The molecule has 0 fully saturated rings. The molecule has 1 aromatic heterocycles. The third-order valence-corrected chi connectivity index (χ3v) is 3.94. The number of nitrogens with two attached hydrogens (primary N) is 1. The Morgan fingerprint density at radius 1 is 1.19 bits per heavy atom. The van der Waals surface area contributed by atoms with E-state index in [1.807, 2.05) is 55.5 Å². The number of nitrogens with zero attached hydrogens (tertiary/aromatic N) is 1. The van der Waals surface area contributed by atoms with E-state index in [1.165, 1.54) is 0 Å². The van der Waals surface area contributed by atoms with Crippen molar-refractivity contribution in [2.75, 3.05) is 0 Å². The number of hydrogen-bond acceptors (Lipinski definition) is 1. The molecule has 3 aromatic rings. The zero-order valence-corrected chi connectivity index (χ0v) is 12.4. The Morgan fingerprint density at radius 2 is 1.95 bits per heavy atom. The minimum atomic E-state index is -0.395. The standard InChI is InChI=1S/C17H15ClN2O/c1-11-16(17(19)21)14-7-2-3-8-15(14)20(11)10-12-5-4-6-13(18)9-12/h2-9H,10H2,1H3,(H2,19,21). The first-order valence-corrected chi connectivity index (χ1v) is 7.08. The molecule has 3 rings (SSSR count). The third-order valence-electron chi connectivity index (χ3n) is 3.71. The molecule has 0 atom stereocenters. The lowest BCUT2D eigenvalue weighted by molar-refractivity contribution is 0.100. The summed E-state index contributed by atoms with van der Waals surface area (Å²) in [5.41, 5.74) is 9.10. The molecule has 0 saturated heterocycles. The molecule has 0 radical (unpaired) electrons. The topological polar surface area (TPSA) is 48.0 Å². The van der Waals surface area contributed by atoms with Crippen molar-refractivity contribution in [2.24, 2.45) is 5.73 Å². The Balaban J connectivity index is 2.18. The van der Waals surface area contributed by atoms with Crippen LogP contribution in [-0.2, 0) is 6.54 Å². The van der Waals surface area contributed by atoms with E-state index in [1.54, 1.807) is 0 Å². The number of carbonyl (C=O) groups is 1. The lowest BCUT2D eigenvalue weighted by Crippen LogP contribution is -2.13. The van der Waals surface area contributed by atoms with Gasteiger partial charge in [0.2, 0.25) is 0 Å². The Labute approximate surface area is 127 Å². The molecule has 2 N–H and O–H groups in total. The first-order valence-electron chi connectivity index (χ1n) is 6.70. The largest absolute Gasteiger partial charge is 0.366 e. The SMILES string of the molecule is Cc1c(C(N)=O)c2ccccc2n1Cc1cccc(Cl)c1. The number of hydrogen-bond donors (Lipinski definition) is 1. The van der Waals surface area contributed by atoms with Gasteiger partial charge in [0, 0.05) is 28.2 Å². The Kier molecular flexibility index (Phi) is 3.43. The number of amides is 1. The van der Waals surface area contributed by atoms with Gasteiger partial charge < -0.3 is 10.3 Å². The van der Waals surface area contributed by atoms with Crippen LogP contribution in [0, 0.1) is 6.92 Å². The molecular weight excluding hydrogens is 284 g/mol. The van der Waals surface area contributed by atoms with Crippen LogP contribution in [0.5, 0.6) is 0 Å². The smallest absolute Gasteiger partial charge is 0.251 e. The van der Waals surface area contributed by atoms with E-state index in [9.17, 15) is 4.79 Å². The summed E-state index contributed by atoms with van der Waals surface area (Å²) in [7, 11) is 0. The second-order valence-electron chi connectivity index (χ2n) is 5.06. The van der Waals surface area contributed by atoms with Crippen molar-refractivity contribution in [1.29, 1.82) is 0 Å². The van der Waals surface area contributed by atoms with Crippen LogP contribution in [0.25, 0.3) is 10.9 Å². The summed E-state index contributed by atoms with van der Waals surface area (Å²) in [6, 6.07) is 15.5. The molecular formula is C17H15ClN2O. The molecule has 3 nitrogen and oxygen atoms in total. The molecule has 2 aromatic carbocycles. The van der Waals surface area contributed by atoms with Gasteiger partial charge in [-0.1, -0.05) is 41.9 Å². The van der Waals surface area contributed by atoms with Crippen LogP contribution in [-0.4, -0.2) is 10.5 Å². The average Bonchev–Trinajstić information content (AvgIpc) is 2.72. The fourth-order valence-corrected chi connectivity index (χ4v) is 2.98. The summed E-state index contributed by atoms with van der Waals surface area (Å²) in [4.78, 5) is 11.7. The highest BCUT2D eigenvalue weighted by molar-refractivity contribution is 6.30. The fraction of sp³-hybridized carbons (Fsp3) is 0.118. The van der Waals surface area contributed by atoms with E-state index >= 15 is 0 Å². The van der Waals surface area contributed by atoms with Gasteiger partial charge >= 0.3 is 0 Å². The van der Waals surface area contributed by atoms with Crippen LogP contribution in [0.4, 0.5) is 0 Å². The Morgan fingerprint density at radius 3 is 2.67 bits per heavy atom. The molecule has 1 heterocycles. The Hall–Kier alpha value is -2.26. The van der Waals surface area contributed by atoms with Gasteiger partial charge in [0.05, 0.1) is 5.56 Å². The van der Waals surface area contributed by atoms with Crippen LogP contribution in [0.15, 0.2) is 48.5 Å². The van der Waals surface area contributed by atoms with Gasteiger partial charge in [0.15, 0.2) is 0 Å². The summed E-state index contributed by atoms with van der Waals surface area (Å²) in [5.74, 6) is -0.395. The maximum absolute atomic E-state index is 11.7. The van der Waals surface area contributed by atoms with E-state index in [2.05, 4.69) is 4.57 Å². The molecule has 0 saturated carbocycles. The van der Waals surface area contributed by atoms with Crippen molar-refractivity contribution < 1.29 is 4.79 Å². The predicted molar refractivity (Wildman–Crippen MR) is 85.7 cm³/mol. The van der Waals surface area contributed by atoms with Gasteiger partial charge in [-0.25, -0.2) is 0 Å². The van der Waals surface area contributed by atoms with Gasteiger partial charge in [-0.15, -0.1) is 0 Å². The second kappa shape index (κ2) is 5.26. The van der Waals surface area contributed by atoms with Crippen molar-refractivity contribution in [3.05, 3.63) is 70.4 Å². The lowest BCUT2D eigenvalue weighted by Gasteiger charge is -2.09. The van der Waals surface area contributed by atoms with E-state index in [0.29, 0.717) is 17.1 Å². The van der Waals surface area contributed by atoms with Crippen molar-refractivity contribution in [1.82, 2.24) is 4.57 Å². The molecule has 0 bridgehead atoms. The van der Waals surface area contributed by atoms with Crippen molar-refractivity contribution in [3.8, 4) is 0 Å². The van der Waals surface area contributed by atoms with E-state index < -0.39 is 5.91 Å². The number of para-hydroxylation sites is 1. The molecule has 0 unspecified atom stereocenters. The van der Waals surface area contributed by atoms with Gasteiger partial charge in [-0.3, -0.25) is 4.79 Å². The third kappa shape index (κ3) is 2.41. The second-order valence-corrected chi connectivity index (χ2v) is 5.49. The van der Waals surface area contributed by atoms with Crippen molar-refractivity contribution in [2.45, 2.75) is 13.5 Å². The molecule has 0 aliphatic rings. The zero-order valence-electron chi connectivity index (χ0n) is 11.6. The summed E-state index contributed by atoms with van der Waals surface area (Å²) in [6.07, 6.45) is 0. The average molecular weight is 299 g/mol. The van der Waals surface area contributed by atoms with Crippen LogP contribution >= 0.6 is 11.6 Å². The number of carbonyl (C=O) groups excluding carboxylic acids is 1. The predicted octanol–water partition coefficient (Wildman–Crippen LogP) is 3.75. The summed E-state index contributed by atoms with van der Waals surface area (Å²) >= 11 is 6.04. The molecule has 0 spiro atoms. The first kappa shape index (κ1) is 13.7. The fourth-order valence-electron chi connectivity index (χ4n) is 2.76. The number of benzene rings is 2. The lowest BCUT2D eigenvalue weighted by atomic mass is 10.1. The summed E-state index contributed by atoms with van der Waals surface area (Å²) < 4.78 is 2.10. The normalized spacial score (nSPS) is 11.0. The maximum atomic E-state index is 11.7. The number of aromatic nitrogens is 1. The minimum absolute atomic E-state index is 0.395. The molecule has 0 aliphatic heterocycles. The summed E-state index contributed by atoms with van der Waals surface area (Å²) in [6.45, 7) is 2.57. The number of halogens is 1. The molecule has 4 heteroatoms. The van der Waals surface area contributed by atoms with E-state index in [4.69, 9.17) is 17.3 Å². The van der Waals surface area contributed by atoms with E-state index in [0.717, 1.165) is 22.2 Å². The number of primary amides is 1. The maximum Gasteiger partial charge on any atom is 0.251 e.